The largest absolute Gasteiger partial charge is 0.467 e. The lowest BCUT2D eigenvalue weighted by Gasteiger charge is -2.35. The second-order valence-corrected chi connectivity index (χ2v) is 13.7. The summed E-state index contributed by atoms with van der Waals surface area (Å²) in [6, 6.07) is 13.8. The van der Waals surface area contributed by atoms with Gasteiger partial charge >= 0.3 is 5.97 Å². The van der Waals surface area contributed by atoms with Gasteiger partial charge in [0, 0.05) is 34.9 Å². The Morgan fingerprint density at radius 2 is 1.73 bits per heavy atom. The Kier molecular flexibility index (Phi) is 7.42. The van der Waals surface area contributed by atoms with Gasteiger partial charge in [0.2, 0.25) is 10.0 Å². The fourth-order valence-corrected chi connectivity index (χ4v) is 6.79. The maximum absolute atomic E-state index is 13.4. The van der Waals surface area contributed by atoms with Crippen LogP contribution < -0.4 is 4.31 Å². The summed E-state index contributed by atoms with van der Waals surface area (Å²) in [5.41, 5.74) is 6.27. The van der Waals surface area contributed by atoms with Gasteiger partial charge in [-0.15, -0.1) is 0 Å². The predicted molar refractivity (Wildman–Crippen MR) is 163 cm³/mol. The van der Waals surface area contributed by atoms with E-state index >= 15 is 0 Å². The number of nitrogens with zero attached hydrogens (tertiary/aromatic N) is 3. The first-order valence-electron chi connectivity index (χ1n) is 13.3. The highest BCUT2D eigenvalue weighted by Gasteiger charge is 2.38. The number of hydrogen-bond acceptors (Lipinski definition) is 6. The van der Waals surface area contributed by atoms with Crippen molar-refractivity contribution in [2.45, 2.75) is 52.9 Å². The number of sulfonamides is 1. The molecule has 0 N–H and O–H groups in total. The maximum Gasteiger partial charge on any atom is 0.339 e. The van der Waals surface area contributed by atoms with Gasteiger partial charge in [-0.25, -0.2) is 18.2 Å². The highest BCUT2D eigenvalue weighted by molar-refractivity contribution is 7.92. The van der Waals surface area contributed by atoms with E-state index in [0.29, 0.717) is 28.5 Å². The van der Waals surface area contributed by atoms with Crippen molar-refractivity contribution in [3.63, 3.8) is 0 Å². The number of carbonyl (C=O) groups excluding carboxylic acids is 1. The third-order valence-corrected chi connectivity index (χ3v) is 8.68. The number of halogens is 1. The van der Waals surface area contributed by atoms with Gasteiger partial charge in [0.15, 0.2) is 6.10 Å². The van der Waals surface area contributed by atoms with Crippen LogP contribution in [0.3, 0.4) is 0 Å². The van der Waals surface area contributed by atoms with Crippen molar-refractivity contribution in [2.75, 3.05) is 24.2 Å². The van der Waals surface area contributed by atoms with E-state index in [1.165, 1.54) is 17.7 Å². The van der Waals surface area contributed by atoms with Crippen LogP contribution >= 0.6 is 11.6 Å². The fraction of sp³-hybridized carbons (Fsp3) is 0.355. The van der Waals surface area contributed by atoms with Gasteiger partial charge in [-0.1, -0.05) is 41.4 Å². The highest BCUT2D eigenvalue weighted by atomic mass is 35.5. The number of aryl methyl sites for hydroxylation is 1. The Balaban J connectivity index is 2.00. The average Bonchev–Trinajstić information content (AvgIpc) is 3.28. The standard InChI is InChI=1S/C31H34ClN3O5S/c1-18-8-10-20(11-9-18)26-22-17-23(21-12-13-33-24(32)16-21)34-14-15-35(41(7,37)38)27(28(22)34)19(2)25(26)29(30(36)39-6)40-31(3,4)5/h8-13,16-17,29H,14-15H2,1-7H3. The van der Waals surface area contributed by atoms with Crippen LogP contribution in [0.4, 0.5) is 5.69 Å². The molecule has 0 radical (unpaired) electrons. The van der Waals surface area contributed by atoms with Crippen LogP contribution in [0.5, 0.6) is 0 Å². The number of esters is 1. The van der Waals surface area contributed by atoms with Crippen molar-refractivity contribution in [3.8, 4) is 22.4 Å². The predicted octanol–water partition coefficient (Wildman–Crippen LogP) is 6.45. The molecule has 1 unspecified atom stereocenters. The minimum Gasteiger partial charge on any atom is -0.467 e. The molecule has 8 nitrogen and oxygen atoms in total. The molecule has 1 aliphatic heterocycles. The molecule has 0 amide bonds. The number of anilines is 1. The normalized spacial score (nSPS) is 14.4. The van der Waals surface area contributed by atoms with Gasteiger partial charge in [0.05, 0.1) is 36.7 Å². The molecule has 41 heavy (non-hydrogen) atoms. The van der Waals surface area contributed by atoms with E-state index in [-0.39, 0.29) is 6.54 Å². The first-order chi connectivity index (χ1) is 19.2. The summed E-state index contributed by atoms with van der Waals surface area (Å²) in [5, 5.41) is 1.15. The lowest BCUT2D eigenvalue weighted by Crippen LogP contribution is -2.37. The van der Waals surface area contributed by atoms with Crippen LogP contribution in [-0.4, -0.2) is 49.4 Å². The smallest absolute Gasteiger partial charge is 0.339 e. The topological polar surface area (TPSA) is 90.7 Å². The van der Waals surface area contributed by atoms with Crippen LogP contribution in [0, 0.1) is 13.8 Å². The molecule has 1 atom stereocenters. The molecule has 3 heterocycles. The van der Waals surface area contributed by atoms with Crippen molar-refractivity contribution < 1.29 is 22.7 Å². The Morgan fingerprint density at radius 3 is 2.32 bits per heavy atom. The van der Waals surface area contributed by atoms with E-state index in [2.05, 4.69) is 9.55 Å². The Morgan fingerprint density at radius 1 is 1.05 bits per heavy atom. The van der Waals surface area contributed by atoms with E-state index in [1.807, 2.05) is 71.0 Å². The first-order valence-corrected chi connectivity index (χ1v) is 15.6. The van der Waals surface area contributed by atoms with Gasteiger partial charge in [-0.2, -0.15) is 0 Å². The highest BCUT2D eigenvalue weighted by Crippen LogP contribution is 2.49. The van der Waals surface area contributed by atoms with Gasteiger partial charge in [-0.3, -0.25) is 4.31 Å². The van der Waals surface area contributed by atoms with Crippen LogP contribution in [0.2, 0.25) is 5.15 Å². The van der Waals surface area contributed by atoms with Crippen molar-refractivity contribution in [3.05, 3.63) is 70.5 Å². The summed E-state index contributed by atoms with van der Waals surface area (Å²) in [7, 11) is -2.33. The molecule has 0 aliphatic carbocycles. The van der Waals surface area contributed by atoms with Crippen molar-refractivity contribution >= 4 is 44.2 Å². The Labute approximate surface area is 245 Å². The number of methoxy groups -OCH3 is 1. The van der Waals surface area contributed by atoms with Crippen molar-refractivity contribution in [2.24, 2.45) is 0 Å². The van der Waals surface area contributed by atoms with E-state index in [4.69, 9.17) is 21.1 Å². The summed E-state index contributed by atoms with van der Waals surface area (Å²) in [6.07, 6.45) is 1.75. The summed E-state index contributed by atoms with van der Waals surface area (Å²) in [5.74, 6) is -0.565. The lowest BCUT2D eigenvalue weighted by molar-refractivity contribution is -0.164. The average molecular weight is 596 g/mol. The van der Waals surface area contributed by atoms with E-state index in [0.717, 1.165) is 38.9 Å². The third kappa shape index (κ3) is 5.34. The quantitative estimate of drug-likeness (QED) is 0.188. The molecule has 10 heteroatoms. The van der Waals surface area contributed by atoms with Crippen molar-refractivity contribution in [1.82, 2.24) is 9.55 Å². The number of aromatic nitrogens is 2. The lowest BCUT2D eigenvalue weighted by atomic mass is 9.87. The minimum absolute atomic E-state index is 0.231. The molecule has 0 saturated heterocycles. The number of pyridine rings is 1. The summed E-state index contributed by atoms with van der Waals surface area (Å²) < 4.78 is 41.6. The second-order valence-electron chi connectivity index (χ2n) is 11.4. The zero-order chi connectivity index (χ0) is 29.9. The molecule has 5 rings (SSSR count). The molecule has 216 valence electrons. The molecular weight excluding hydrogens is 562 g/mol. The van der Waals surface area contributed by atoms with Gasteiger partial charge in [-0.05, 0) is 69.5 Å². The number of ether oxygens (including phenoxy) is 2. The number of hydrogen-bond donors (Lipinski definition) is 0. The minimum atomic E-state index is -3.65. The third-order valence-electron chi connectivity index (χ3n) is 7.31. The Bertz CT molecular complexity index is 1770. The molecule has 2 aromatic heterocycles. The molecule has 0 spiro atoms. The number of rotatable bonds is 6. The van der Waals surface area contributed by atoms with E-state index < -0.39 is 27.7 Å². The molecule has 4 aromatic rings. The van der Waals surface area contributed by atoms with Crippen LogP contribution in [0.25, 0.3) is 33.3 Å². The molecule has 0 saturated carbocycles. The van der Waals surface area contributed by atoms with E-state index in [9.17, 15) is 13.2 Å². The maximum atomic E-state index is 13.4. The number of benzene rings is 2. The monoisotopic (exact) mass is 595 g/mol. The van der Waals surface area contributed by atoms with Crippen LogP contribution in [-0.2, 0) is 30.8 Å². The van der Waals surface area contributed by atoms with Crippen LogP contribution in [0.1, 0.15) is 43.6 Å². The second kappa shape index (κ2) is 10.5. The zero-order valence-corrected chi connectivity index (χ0v) is 25.9. The van der Waals surface area contributed by atoms with Crippen molar-refractivity contribution in [1.29, 1.82) is 0 Å². The summed E-state index contributed by atoms with van der Waals surface area (Å²) in [4.78, 5) is 17.6. The summed E-state index contributed by atoms with van der Waals surface area (Å²) in [6.45, 7) is 10.1. The Hall–Kier alpha value is -3.40. The number of carbonyl (C=O) groups is 1. The fourth-order valence-electron chi connectivity index (χ4n) is 5.65. The van der Waals surface area contributed by atoms with Gasteiger partial charge < -0.3 is 14.0 Å². The van der Waals surface area contributed by atoms with E-state index in [1.54, 1.807) is 12.3 Å². The van der Waals surface area contributed by atoms with Gasteiger partial charge in [0.25, 0.3) is 0 Å². The first kappa shape index (κ1) is 29.1. The summed E-state index contributed by atoms with van der Waals surface area (Å²) >= 11 is 6.29. The molecule has 1 aliphatic rings. The molecule has 2 aromatic carbocycles. The molecular formula is C31H34ClN3O5S. The van der Waals surface area contributed by atoms with Crippen LogP contribution in [0.15, 0.2) is 48.7 Å². The van der Waals surface area contributed by atoms with Gasteiger partial charge in [0.1, 0.15) is 5.15 Å². The SMILES string of the molecule is COC(=O)C(OC(C)(C)C)c1c(C)c2c3c(cc(-c4ccnc(Cl)c4)n3CCN2S(C)(=O)=O)c1-c1ccc(C)cc1. The molecule has 0 fully saturated rings. The molecule has 0 bridgehead atoms. The zero-order valence-electron chi connectivity index (χ0n) is 24.3.